The zero-order chi connectivity index (χ0) is 37.1. The first kappa shape index (κ1) is 35.3. The Morgan fingerprint density at radius 1 is 0.906 bits per heavy atom. The maximum absolute atomic E-state index is 14.3. The third-order valence-electron chi connectivity index (χ3n) is 9.20. The molecule has 270 valence electrons. The number of urea groups is 1. The average Bonchev–Trinajstić information content (AvgIpc) is 3.56. The number of aromatic nitrogens is 4. The molecule has 0 atom stereocenters. The number of anilines is 2. The van der Waals surface area contributed by atoms with E-state index < -0.39 is 23.7 Å². The molecule has 5 aromatic rings. The van der Waals surface area contributed by atoms with Crippen LogP contribution in [0.1, 0.15) is 50.4 Å². The minimum absolute atomic E-state index is 0.0360. The topological polar surface area (TPSA) is 128 Å². The van der Waals surface area contributed by atoms with E-state index in [9.17, 15) is 27.6 Å². The molecule has 7 rings (SSSR count). The summed E-state index contributed by atoms with van der Waals surface area (Å²) in [4.78, 5) is 51.1. The van der Waals surface area contributed by atoms with E-state index in [0.717, 1.165) is 17.3 Å². The van der Waals surface area contributed by atoms with E-state index in [0.29, 0.717) is 55.3 Å². The maximum atomic E-state index is 14.3. The Morgan fingerprint density at radius 2 is 1.70 bits per heavy atom. The lowest BCUT2D eigenvalue weighted by Crippen LogP contribution is -2.49. The minimum atomic E-state index is -4.63. The fraction of sp³-hybridized carbons (Fsp3) is 0.263. The smallest absolute Gasteiger partial charge is 0.322 e. The van der Waals surface area contributed by atoms with Crippen LogP contribution in [0.25, 0.3) is 5.65 Å². The number of nitrogens with zero attached hydrogens (tertiary/aromatic N) is 7. The van der Waals surface area contributed by atoms with Crippen molar-refractivity contribution in [2.24, 2.45) is 0 Å². The molecule has 2 saturated heterocycles. The number of hydrogen-bond donors (Lipinski definition) is 2. The fourth-order valence-corrected chi connectivity index (χ4v) is 6.26. The van der Waals surface area contributed by atoms with Gasteiger partial charge in [-0.15, -0.1) is 0 Å². The largest absolute Gasteiger partial charge is 0.416 e. The first-order valence-corrected chi connectivity index (χ1v) is 16.9. The summed E-state index contributed by atoms with van der Waals surface area (Å²) < 4.78 is 44.6. The second-order valence-corrected chi connectivity index (χ2v) is 12.9. The number of aryl methyl sites for hydroxylation is 1. The Bertz CT molecular complexity index is 2250. The van der Waals surface area contributed by atoms with Gasteiger partial charge in [-0.1, -0.05) is 18.1 Å². The van der Waals surface area contributed by atoms with Gasteiger partial charge in [0.1, 0.15) is 5.69 Å². The number of benzene rings is 2. The van der Waals surface area contributed by atoms with Crippen molar-refractivity contribution in [1.82, 2.24) is 34.7 Å². The lowest BCUT2D eigenvalue weighted by atomic mass is 10.0. The molecule has 12 nitrogen and oxygen atoms in total. The summed E-state index contributed by atoms with van der Waals surface area (Å²) in [5.74, 6) is 5.23. The molecular formula is C38H34F3N9O3. The quantitative estimate of drug-likeness (QED) is 0.228. The summed E-state index contributed by atoms with van der Waals surface area (Å²) in [7, 11) is 0. The molecule has 4 amide bonds. The molecule has 3 aromatic heterocycles. The van der Waals surface area contributed by atoms with E-state index in [2.05, 4.69) is 42.4 Å². The van der Waals surface area contributed by atoms with E-state index >= 15 is 0 Å². The number of carbonyl (C=O) groups excluding carboxylic acids is 3. The number of imidazole rings is 1. The molecule has 15 heteroatoms. The van der Waals surface area contributed by atoms with Crippen molar-refractivity contribution in [3.63, 3.8) is 0 Å². The molecule has 0 unspecified atom stereocenters. The van der Waals surface area contributed by atoms with Crippen LogP contribution in [0.3, 0.4) is 0 Å². The average molecular weight is 722 g/mol. The highest BCUT2D eigenvalue weighted by Crippen LogP contribution is 2.35. The van der Waals surface area contributed by atoms with Gasteiger partial charge >= 0.3 is 12.2 Å². The highest BCUT2D eigenvalue weighted by molar-refractivity contribution is 6.05. The first-order valence-electron chi connectivity index (χ1n) is 16.9. The number of imide groups is 1. The zero-order valence-electron chi connectivity index (χ0n) is 28.7. The lowest BCUT2D eigenvalue weighted by Gasteiger charge is -2.35. The van der Waals surface area contributed by atoms with Gasteiger partial charge in [0.05, 0.1) is 29.3 Å². The summed E-state index contributed by atoms with van der Waals surface area (Å²) in [5.41, 5.74) is 3.65. The highest BCUT2D eigenvalue weighted by Gasteiger charge is 2.34. The van der Waals surface area contributed by atoms with Crippen molar-refractivity contribution in [2.45, 2.75) is 32.6 Å². The molecule has 2 fully saturated rings. The summed E-state index contributed by atoms with van der Waals surface area (Å²) in [5, 5.41) is 9.17. The Morgan fingerprint density at radius 3 is 2.43 bits per heavy atom. The third-order valence-corrected chi connectivity index (χ3v) is 9.20. The molecule has 2 aliphatic rings. The lowest BCUT2D eigenvalue weighted by molar-refractivity contribution is -0.138. The van der Waals surface area contributed by atoms with Gasteiger partial charge in [-0.25, -0.2) is 14.3 Å². The van der Waals surface area contributed by atoms with Crippen LogP contribution in [0.15, 0.2) is 79.3 Å². The molecule has 0 spiro atoms. The van der Waals surface area contributed by atoms with Crippen LogP contribution in [-0.4, -0.2) is 80.0 Å². The third kappa shape index (κ3) is 8.19. The highest BCUT2D eigenvalue weighted by atomic mass is 19.4. The molecule has 0 saturated carbocycles. The normalized spacial score (nSPS) is 15.6. The first-order chi connectivity index (χ1) is 25.5. The molecule has 0 aliphatic carbocycles. The van der Waals surface area contributed by atoms with Gasteiger partial charge in [0.2, 0.25) is 5.91 Å². The van der Waals surface area contributed by atoms with Gasteiger partial charge < -0.3 is 5.32 Å². The number of alkyl halides is 3. The van der Waals surface area contributed by atoms with Crippen LogP contribution in [0.5, 0.6) is 0 Å². The van der Waals surface area contributed by atoms with Gasteiger partial charge in [0.15, 0.2) is 5.65 Å². The fourth-order valence-electron chi connectivity index (χ4n) is 6.26. The number of hydrogen-bond acceptors (Lipinski definition) is 8. The van der Waals surface area contributed by atoms with E-state index in [1.165, 1.54) is 17.0 Å². The van der Waals surface area contributed by atoms with Gasteiger partial charge in [0, 0.05) is 75.2 Å². The summed E-state index contributed by atoms with van der Waals surface area (Å²) in [6.07, 6.45) is 0.431. The molecule has 5 heterocycles. The SMILES string of the molecule is Cc1ccc(C(=O)Nc2ccc(CN3CCN(Cc4ccc(N5CCC(=O)NC5=O)cn4)CC3)c(C(F)(F)F)c2)cc1C#Cc1cnc2cccnn12. The predicted molar refractivity (Wildman–Crippen MR) is 190 cm³/mol. The number of halogens is 3. The number of piperazine rings is 1. The van der Waals surface area contributed by atoms with Crippen LogP contribution in [0, 0.1) is 18.8 Å². The van der Waals surface area contributed by atoms with Crippen LogP contribution in [0.4, 0.5) is 29.3 Å². The number of rotatable bonds is 7. The van der Waals surface area contributed by atoms with Crippen molar-refractivity contribution in [3.8, 4) is 11.8 Å². The van der Waals surface area contributed by atoms with E-state index in [1.807, 2.05) is 24.0 Å². The van der Waals surface area contributed by atoms with Gasteiger partial charge in [-0.05, 0) is 72.5 Å². The Kier molecular flexibility index (Phi) is 9.90. The maximum Gasteiger partial charge on any atom is 0.416 e. The summed E-state index contributed by atoms with van der Waals surface area (Å²) >= 11 is 0. The van der Waals surface area contributed by atoms with E-state index in [4.69, 9.17) is 0 Å². The van der Waals surface area contributed by atoms with Crippen molar-refractivity contribution in [1.29, 1.82) is 0 Å². The standard InChI is InChI=1S/C38H34F3N9O3/c1-25-4-5-27(19-26(25)7-10-32-22-43-34-3-2-13-44-50(32)34)36(52)45-29-8-6-28(33(20-29)38(39,40)41)23-47-15-17-48(18-16-47)24-30-9-11-31(21-42-30)49-14-12-35(51)46-37(49)53/h2-6,8-9,11,13,19-22H,12,14-18,23-24H2,1H3,(H,45,52)(H,46,51,53). The van der Waals surface area contributed by atoms with Gasteiger partial charge in [-0.2, -0.15) is 18.3 Å². The molecule has 2 N–H and O–H groups in total. The number of pyridine rings is 1. The molecular weight excluding hydrogens is 687 g/mol. The number of carbonyl (C=O) groups is 3. The van der Waals surface area contributed by atoms with Crippen molar-refractivity contribution < 1.29 is 27.6 Å². The van der Waals surface area contributed by atoms with Crippen molar-refractivity contribution in [3.05, 3.63) is 118 Å². The zero-order valence-corrected chi connectivity index (χ0v) is 28.7. The number of nitrogens with one attached hydrogen (secondary N) is 2. The van der Waals surface area contributed by atoms with Crippen molar-refractivity contribution in [2.75, 3.05) is 42.9 Å². The predicted octanol–water partition coefficient (Wildman–Crippen LogP) is 4.87. The second-order valence-electron chi connectivity index (χ2n) is 12.9. The van der Waals surface area contributed by atoms with Gasteiger partial charge in [0.25, 0.3) is 5.91 Å². The second kappa shape index (κ2) is 14.9. The summed E-state index contributed by atoms with van der Waals surface area (Å²) in [6.45, 7) is 5.18. The number of amides is 4. The van der Waals surface area contributed by atoms with Crippen LogP contribution >= 0.6 is 0 Å². The molecule has 0 radical (unpaired) electrons. The Hall–Kier alpha value is -6.11. The van der Waals surface area contributed by atoms with Gasteiger partial charge in [-0.3, -0.25) is 34.6 Å². The van der Waals surface area contributed by atoms with Crippen LogP contribution in [0.2, 0.25) is 0 Å². The van der Waals surface area contributed by atoms with E-state index in [1.54, 1.807) is 53.4 Å². The molecule has 53 heavy (non-hydrogen) atoms. The van der Waals surface area contributed by atoms with Crippen LogP contribution in [-0.2, 0) is 24.1 Å². The van der Waals surface area contributed by atoms with E-state index in [-0.39, 0.29) is 42.2 Å². The number of fused-ring (bicyclic) bond motifs is 1. The van der Waals surface area contributed by atoms with Crippen LogP contribution < -0.4 is 15.5 Å². The van der Waals surface area contributed by atoms with Crippen molar-refractivity contribution >= 4 is 34.9 Å². The molecule has 2 aromatic carbocycles. The minimum Gasteiger partial charge on any atom is -0.322 e. The molecule has 2 aliphatic heterocycles. The molecule has 0 bridgehead atoms. The summed E-state index contributed by atoms with van der Waals surface area (Å²) in [6, 6.07) is 15.6. The Labute approximate surface area is 302 Å². The Balaban J connectivity index is 0.965. The monoisotopic (exact) mass is 721 g/mol.